The maximum atomic E-state index is 10.1. The average molecular weight is 334 g/mol. The number of aromatic nitrogens is 1. The first-order chi connectivity index (χ1) is 11.6. The highest BCUT2D eigenvalue weighted by molar-refractivity contribution is 5.89. The van der Waals surface area contributed by atoms with Gasteiger partial charge in [0.1, 0.15) is 30.2 Å². The Morgan fingerprint density at radius 1 is 1.21 bits per heavy atom. The standard InChI is InChI=1S/C16H18N2O6/c17-5-4-8-6-18-9-2-1-3-10(12(8)9)23-16-15(22)14(21)13(20)11(7-19)24-16/h1-3,6,11,13-16,18-22H,4,7H2/t11-,13-,14+,15-,16-/m1/s1. The summed E-state index contributed by atoms with van der Waals surface area (Å²) in [7, 11) is 0. The zero-order chi connectivity index (χ0) is 17.3. The number of fused-ring (bicyclic) bond motifs is 1. The number of rotatable bonds is 4. The summed E-state index contributed by atoms with van der Waals surface area (Å²) in [6.07, 6.45) is -4.87. The minimum atomic E-state index is -1.51. The second-order valence-corrected chi connectivity index (χ2v) is 5.64. The molecular weight excluding hydrogens is 316 g/mol. The summed E-state index contributed by atoms with van der Waals surface area (Å²) in [6, 6.07) is 7.27. The molecule has 2 aromatic rings. The van der Waals surface area contributed by atoms with Crippen molar-refractivity contribution in [3.05, 3.63) is 30.0 Å². The number of ether oxygens (including phenoxy) is 2. The fraction of sp³-hybridized carbons (Fsp3) is 0.438. The molecule has 0 aliphatic carbocycles. The molecule has 8 heteroatoms. The third-order valence-corrected chi connectivity index (χ3v) is 4.11. The van der Waals surface area contributed by atoms with Crippen molar-refractivity contribution in [2.45, 2.75) is 37.1 Å². The highest BCUT2D eigenvalue weighted by Gasteiger charge is 2.44. The van der Waals surface area contributed by atoms with E-state index in [-0.39, 0.29) is 6.42 Å². The van der Waals surface area contributed by atoms with Gasteiger partial charge < -0.3 is 34.9 Å². The molecule has 128 valence electrons. The quantitative estimate of drug-likeness (QED) is 0.504. The van der Waals surface area contributed by atoms with Gasteiger partial charge in [0.15, 0.2) is 0 Å². The number of benzene rings is 1. The van der Waals surface area contributed by atoms with E-state index in [1.165, 1.54) is 0 Å². The van der Waals surface area contributed by atoms with E-state index in [1.807, 2.05) is 6.07 Å². The predicted molar refractivity (Wildman–Crippen MR) is 82.0 cm³/mol. The molecule has 1 aromatic heterocycles. The number of hydrogen-bond acceptors (Lipinski definition) is 7. The third kappa shape index (κ3) is 2.84. The Labute approximate surface area is 137 Å². The zero-order valence-electron chi connectivity index (χ0n) is 12.7. The molecular formula is C16H18N2O6. The highest BCUT2D eigenvalue weighted by atomic mass is 16.7. The molecule has 0 radical (unpaired) electrons. The van der Waals surface area contributed by atoms with Gasteiger partial charge in [-0.1, -0.05) is 6.07 Å². The molecule has 1 aliphatic rings. The molecule has 5 N–H and O–H groups in total. The van der Waals surface area contributed by atoms with Crippen LogP contribution >= 0.6 is 0 Å². The van der Waals surface area contributed by atoms with E-state index in [1.54, 1.807) is 18.3 Å². The van der Waals surface area contributed by atoms with Gasteiger partial charge in [0.2, 0.25) is 6.29 Å². The lowest BCUT2D eigenvalue weighted by atomic mass is 9.99. The van der Waals surface area contributed by atoms with Gasteiger partial charge in [0.05, 0.1) is 19.1 Å². The number of aliphatic hydroxyl groups is 4. The second-order valence-electron chi connectivity index (χ2n) is 5.64. The summed E-state index contributed by atoms with van der Waals surface area (Å²) in [5.41, 5.74) is 1.48. The summed E-state index contributed by atoms with van der Waals surface area (Å²) >= 11 is 0. The first kappa shape index (κ1) is 16.7. The van der Waals surface area contributed by atoms with E-state index in [4.69, 9.17) is 14.7 Å². The van der Waals surface area contributed by atoms with Gasteiger partial charge in [0.25, 0.3) is 0 Å². The number of nitriles is 1. The van der Waals surface area contributed by atoms with Crippen LogP contribution in [0.15, 0.2) is 24.4 Å². The van der Waals surface area contributed by atoms with Crippen molar-refractivity contribution in [2.24, 2.45) is 0 Å². The van der Waals surface area contributed by atoms with Gasteiger partial charge in [-0.25, -0.2) is 0 Å². The van der Waals surface area contributed by atoms with Gasteiger partial charge in [0, 0.05) is 17.1 Å². The number of aromatic amines is 1. The van der Waals surface area contributed by atoms with E-state index in [0.29, 0.717) is 11.1 Å². The Morgan fingerprint density at radius 3 is 2.71 bits per heavy atom. The Hall–Kier alpha value is -2.15. The minimum absolute atomic E-state index is 0.176. The van der Waals surface area contributed by atoms with Crippen molar-refractivity contribution in [1.29, 1.82) is 5.26 Å². The monoisotopic (exact) mass is 334 g/mol. The Balaban J connectivity index is 1.92. The summed E-state index contributed by atoms with van der Waals surface area (Å²) in [5, 5.41) is 48.5. The van der Waals surface area contributed by atoms with Gasteiger partial charge in [-0.3, -0.25) is 0 Å². The lowest BCUT2D eigenvalue weighted by Gasteiger charge is -2.39. The van der Waals surface area contributed by atoms with Crippen LogP contribution in [0.1, 0.15) is 5.56 Å². The van der Waals surface area contributed by atoms with Gasteiger partial charge >= 0.3 is 0 Å². The molecule has 1 fully saturated rings. The molecule has 2 heterocycles. The molecule has 3 rings (SSSR count). The molecule has 0 saturated carbocycles. The SMILES string of the molecule is N#CCc1c[nH]c2cccc(O[C@@H]3O[C@H](CO)[C@@H](O)[C@H](O)[C@H]3O)c12. The lowest BCUT2D eigenvalue weighted by molar-refractivity contribution is -0.277. The Morgan fingerprint density at radius 2 is 2.00 bits per heavy atom. The Bertz CT molecular complexity index is 753. The normalized spacial score (nSPS) is 30.2. The number of nitrogens with zero attached hydrogens (tertiary/aromatic N) is 1. The molecule has 24 heavy (non-hydrogen) atoms. The predicted octanol–water partition coefficient (Wildman–Crippen LogP) is -0.587. The fourth-order valence-electron chi connectivity index (χ4n) is 2.83. The molecule has 1 aliphatic heterocycles. The molecule has 0 unspecified atom stereocenters. The van der Waals surface area contributed by atoms with E-state index in [9.17, 15) is 20.4 Å². The van der Waals surface area contributed by atoms with Crippen LogP contribution in [0.2, 0.25) is 0 Å². The van der Waals surface area contributed by atoms with Gasteiger partial charge in [-0.15, -0.1) is 0 Å². The van der Waals surface area contributed by atoms with Crippen molar-refractivity contribution in [3.63, 3.8) is 0 Å². The smallest absolute Gasteiger partial charge is 0.229 e. The summed E-state index contributed by atoms with van der Waals surface area (Å²) in [4.78, 5) is 3.03. The van der Waals surface area contributed by atoms with Crippen LogP contribution < -0.4 is 4.74 Å². The molecule has 1 aromatic carbocycles. The molecule has 0 amide bonds. The second kappa shape index (κ2) is 6.76. The first-order valence-corrected chi connectivity index (χ1v) is 7.50. The third-order valence-electron chi connectivity index (χ3n) is 4.11. The largest absolute Gasteiger partial charge is 0.461 e. The highest BCUT2D eigenvalue weighted by Crippen LogP contribution is 2.32. The zero-order valence-corrected chi connectivity index (χ0v) is 12.7. The van der Waals surface area contributed by atoms with Crippen LogP contribution in [0.5, 0.6) is 5.75 Å². The molecule has 0 bridgehead atoms. The van der Waals surface area contributed by atoms with Crippen molar-refractivity contribution < 1.29 is 29.9 Å². The maximum Gasteiger partial charge on any atom is 0.229 e. The van der Waals surface area contributed by atoms with Crippen molar-refractivity contribution in [1.82, 2.24) is 4.98 Å². The maximum absolute atomic E-state index is 10.1. The summed E-state index contributed by atoms with van der Waals surface area (Å²) in [5.74, 6) is 0.364. The minimum Gasteiger partial charge on any atom is -0.461 e. The Kier molecular flexibility index (Phi) is 4.71. The molecule has 0 spiro atoms. The summed E-state index contributed by atoms with van der Waals surface area (Å²) < 4.78 is 11.0. The number of aliphatic hydroxyl groups excluding tert-OH is 4. The van der Waals surface area contributed by atoms with Crippen LogP contribution in [0, 0.1) is 11.3 Å². The topological polar surface area (TPSA) is 139 Å². The van der Waals surface area contributed by atoms with Crippen molar-refractivity contribution in [2.75, 3.05) is 6.61 Å². The van der Waals surface area contributed by atoms with Gasteiger partial charge in [-0.2, -0.15) is 5.26 Å². The van der Waals surface area contributed by atoms with Crippen molar-refractivity contribution >= 4 is 10.9 Å². The van der Waals surface area contributed by atoms with Crippen LogP contribution in [-0.4, -0.2) is 62.7 Å². The van der Waals surface area contributed by atoms with E-state index >= 15 is 0 Å². The molecule has 5 atom stereocenters. The van der Waals surface area contributed by atoms with E-state index in [2.05, 4.69) is 11.1 Å². The van der Waals surface area contributed by atoms with Crippen molar-refractivity contribution in [3.8, 4) is 11.8 Å². The van der Waals surface area contributed by atoms with Gasteiger partial charge in [-0.05, 0) is 17.7 Å². The average Bonchev–Trinajstić information content (AvgIpc) is 3.00. The fourth-order valence-corrected chi connectivity index (χ4v) is 2.83. The first-order valence-electron chi connectivity index (χ1n) is 7.50. The van der Waals surface area contributed by atoms with E-state index < -0.39 is 37.3 Å². The summed E-state index contributed by atoms with van der Waals surface area (Å²) in [6.45, 7) is -0.529. The van der Waals surface area contributed by atoms with E-state index in [0.717, 1.165) is 11.1 Å². The number of hydrogen-bond donors (Lipinski definition) is 5. The van der Waals surface area contributed by atoms with Crippen LogP contribution in [0.25, 0.3) is 10.9 Å². The lowest BCUT2D eigenvalue weighted by Crippen LogP contribution is -2.60. The van der Waals surface area contributed by atoms with Crippen LogP contribution in [-0.2, 0) is 11.2 Å². The number of nitrogens with one attached hydrogen (secondary N) is 1. The molecule has 8 nitrogen and oxygen atoms in total. The van der Waals surface area contributed by atoms with Crippen LogP contribution in [0.4, 0.5) is 0 Å². The molecule has 1 saturated heterocycles. The van der Waals surface area contributed by atoms with Crippen LogP contribution in [0.3, 0.4) is 0 Å². The number of H-pyrrole nitrogens is 1.